The molecule has 1 N–H and O–H groups in total. The van der Waals surface area contributed by atoms with E-state index in [9.17, 15) is 13.2 Å². The van der Waals surface area contributed by atoms with Crippen molar-refractivity contribution in [1.29, 1.82) is 0 Å². The van der Waals surface area contributed by atoms with E-state index in [0.717, 1.165) is 12.8 Å². The van der Waals surface area contributed by atoms with Gasteiger partial charge >= 0.3 is 0 Å². The molecule has 0 aliphatic carbocycles. The predicted molar refractivity (Wildman–Crippen MR) is 119 cm³/mol. The van der Waals surface area contributed by atoms with Gasteiger partial charge in [-0.25, -0.2) is 8.42 Å². The molecule has 0 unspecified atom stereocenters. The van der Waals surface area contributed by atoms with Crippen LogP contribution in [0.2, 0.25) is 0 Å². The van der Waals surface area contributed by atoms with Gasteiger partial charge in [0, 0.05) is 19.1 Å². The lowest BCUT2D eigenvalue weighted by Crippen LogP contribution is -2.36. The normalized spacial score (nSPS) is 12.6. The van der Waals surface area contributed by atoms with Gasteiger partial charge in [0.1, 0.15) is 5.75 Å². The highest BCUT2D eigenvalue weighted by Crippen LogP contribution is 2.24. The fourth-order valence-corrected chi connectivity index (χ4v) is 4.76. The number of nitrogens with zero attached hydrogens (tertiary/aromatic N) is 1. The SMILES string of the molecule is CCN(CC)S(=O)(=O)c1ccc(OCC(=O)N[C@@H](C)CCc2ccccc2)c(C)c1. The van der Waals surface area contributed by atoms with Crippen molar-refractivity contribution in [1.82, 2.24) is 9.62 Å². The molecular formula is C23H32N2O4S. The molecule has 0 saturated carbocycles. The van der Waals surface area contributed by atoms with Gasteiger partial charge in [-0.1, -0.05) is 44.2 Å². The van der Waals surface area contributed by atoms with Gasteiger partial charge in [0.05, 0.1) is 4.90 Å². The molecule has 6 nitrogen and oxygen atoms in total. The Bertz CT molecular complexity index is 925. The topological polar surface area (TPSA) is 75.7 Å². The van der Waals surface area contributed by atoms with Crippen LogP contribution in [0.15, 0.2) is 53.4 Å². The van der Waals surface area contributed by atoms with E-state index < -0.39 is 10.0 Å². The number of ether oxygens (including phenoxy) is 1. The molecule has 2 rings (SSSR count). The van der Waals surface area contributed by atoms with E-state index in [1.54, 1.807) is 19.1 Å². The summed E-state index contributed by atoms with van der Waals surface area (Å²) in [5.74, 6) is 0.301. The van der Waals surface area contributed by atoms with Crippen molar-refractivity contribution in [3.63, 3.8) is 0 Å². The van der Waals surface area contributed by atoms with E-state index in [2.05, 4.69) is 17.4 Å². The van der Waals surface area contributed by atoms with Crippen LogP contribution in [0.1, 0.15) is 38.3 Å². The first-order chi connectivity index (χ1) is 14.3. The molecule has 7 heteroatoms. The standard InChI is InChI=1S/C23H32N2O4S/c1-5-25(6-2)30(27,28)21-14-15-22(18(3)16-21)29-17-23(26)24-19(4)12-13-20-10-8-7-9-11-20/h7-11,14-16,19H,5-6,12-13,17H2,1-4H3,(H,24,26)/t19-/m0/s1. The smallest absolute Gasteiger partial charge is 0.258 e. The molecule has 0 saturated heterocycles. The fraction of sp³-hybridized carbons (Fsp3) is 0.435. The Morgan fingerprint density at radius 2 is 1.77 bits per heavy atom. The number of hydrogen-bond acceptors (Lipinski definition) is 4. The lowest BCUT2D eigenvalue weighted by atomic mass is 10.1. The van der Waals surface area contributed by atoms with Crippen LogP contribution < -0.4 is 10.1 Å². The van der Waals surface area contributed by atoms with E-state index in [1.807, 2.05) is 39.0 Å². The number of rotatable bonds is 11. The number of nitrogens with one attached hydrogen (secondary N) is 1. The molecule has 164 valence electrons. The zero-order chi connectivity index (χ0) is 22.1. The highest BCUT2D eigenvalue weighted by atomic mass is 32.2. The van der Waals surface area contributed by atoms with Gasteiger partial charge in [0.2, 0.25) is 10.0 Å². The number of carbonyl (C=O) groups excluding carboxylic acids is 1. The first-order valence-corrected chi connectivity index (χ1v) is 11.8. The first-order valence-electron chi connectivity index (χ1n) is 10.3. The average Bonchev–Trinajstić information content (AvgIpc) is 2.72. The van der Waals surface area contributed by atoms with Gasteiger partial charge in [-0.2, -0.15) is 4.31 Å². The second-order valence-corrected chi connectivity index (χ2v) is 9.24. The minimum absolute atomic E-state index is 0.0315. The third kappa shape index (κ3) is 6.57. The second kappa shape index (κ2) is 11.1. The maximum atomic E-state index is 12.6. The Morgan fingerprint density at radius 3 is 2.37 bits per heavy atom. The lowest BCUT2D eigenvalue weighted by molar-refractivity contribution is -0.123. The van der Waals surface area contributed by atoms with Crippen molar-refractivity contribution >= 4 is 15.9 Å². The fourth-order valence-electron chi connectivity index (χ4n) is 3.22. The van der Waals surface area contributed by atoms with E-state index >= 15 is 0 Å². The summed E-state index contributed by atoms with van der Waals surface area (Å²) >= 11 is 0. The molecule has 0 spiro atoms. The molecular weight excluding hydrogens is 400 g/mol. The summed E-state index contributed by atoms with van der Waals surface area (Å²) in [6.45, 7) is 8.09. The third-order valence-electron chi connectivity index (χ3n) is 4.96. The van der Waals surface area contributed by atoms with Crippen LogP contribution in [0.25, 0.3) is 0 Å². The van der Waals surface area contributed by atoms with Crippen LogP contribution >= 0.6 is 0 Å². The Labute approximate surface area is 180 Å². The summed E-state index contributed by atoms with van der Waals surface area (Å²) in [5.41, 5.74) is 1.92. The number of carbonyl (C=O) groups is 1. The average molecular weight is 433 g/mol. The Morgan fingerprint density at radius 1 is 1.10 bits per heavy atom. The van der Waals surface area contributed by atoms with Gasteiger partial charge in [0.25, 0.3) is 5.91 Å². The maximum Gasteiger partial charge on any atom is 0.258 e. The zero-order valence-electron chi connectivity index (χ0n) is 18.2. The summed E-state index contributed by atoms with van der Waals surface area (Å²) in [5, 5.41) is 2.94. The van der Waals surface area contributed by atoms with Gasteiger partial charge in [-0.05, 0) is 56.0 Å². The maximum absolute atomic E-state index is 12.6. The molecule has 2 aromatic carbocycles. The van der Waals surface area contributed by atoms with Crippen LogP contribution in [0.5, 0.6) is 5.75 Å². The van der Waals surface area contributed by atoms with Crippen LogP contribution in [0.3, 0.4) is 0 Å². The summed E-state index contributed by atoms with van der Waals surface area (Å²) in [4.78, 5) is 12.4. The van der Waals surface area contributed by atoms with E-state index in [-0.39, 0.29) is 23.5 Å². The molecule has 30 heavy (non-hydrogen) atoms. The Balaban J connectivity index is 1.88. The van der Waals surface area contributed by atoms with Gasteiger partial charge in [0.15, 0.2) is 6.61 Å². The Kier molecular flexibility index (Phi) is 8.87. The highest BCUT2D eigenvalue weighted by molar-refractivity contribution is 7.89. The lowest BCUT2D eigenvalue weighted by Gasteiger charge is -2.19. The third-order valence-corrected chi connectivity index (χ3v) is 7.01. The van der Waals surface area contributed by atoms with Crippen LogP contribution in [0, 0.1) is 6.92 Å². The van der Waals surface area contributed by atoms with Gasteiger partial charge in [-0.15, -0.1) is 0 Å². The first kappa shape index (κ1) is 23.9. The summed E-state index contributed by atoms with van der Waals surface area (Å²) in [6.07, 6.45) is 1.73. The molecule has 0 fully saturated rings. The van der Waals surface area contributed by atoms with Crippen molar-refractivity contribution in [2.75, 3.05) is 19.7 Å². The molecule has 1 amide bonds. The zero-order valence-corrected chi connectivity index (χ0v) is 19.0. The number of amides is 1. The largest absolute Gasteiger partial charge is 0.484 e. The van der Waals surface area contributed by atoms with Gasteiger partial charge < -0.3 is 10.1 Å². The predicted octanol–water partition coefficient (Wildman–Crippen LogP) is 3.54. The van der Waals surface area contributed by atoms with Crippen molar-refractivity contribution in [3.8, 4) is 5.75 Å². The van der Waals surface area contributed by atoms with Crippen molar-refractivity contribution in [3.05, 3.63) is 59.7 Å². The second-order valence-electron chi connectivity index (χ2n) is 7.30. The molecule has 0 aromatic heterocycles. The molecule has 2 aromatic rings. The van der Waals surface area contributed by atoms with Gasteiger partial charge in [-0.3, -0.25) is 4.79 Å². The van der Waals surface area contributed by atoms with Crippen molar-refractivity contribution in [2.45, 2.75) is 51.5 Å². The number of sulfonamides is 1. The van der Waals surface area contributed by atoms with E-state index in [4.69, 9.17) is 4.74 Å². The summed E-state index contributed by atoms with van der Waals surface area (Å²) in [6, 6.07) is 14.9. The molecule has 0 bridgehead atoms. The molecule has 0 aliphatic heterocycles. The Hall–Kier alpha value is -2.38. The quantitative estimate of drug-likeness (QED) is 0.589. The van der Waals surface area contributed by atoms with Crippen LogP contribution in [-0.2, 0) is 21.2 Å². The summed E-state index contributed by atoms with van der Waals surface area (Å²) < 4.78 is 32.3. The minimum Gasteiger partial charge on any atom is -0.484 e. The number of hydrogen-bond donors (Lipinski definition) is 1. The molecule has 1 atom stereocenters. The minimum atomic E-state index is -3.52. The molecule has 0 heterocycles. The summed E-state index contributed by atoms with van der Waals surface area (Å²) in [7, 11) is -3.52. The number of aryl methyl sites for hydroxylation is 2. The van der Waals surface area contributed by atoms with Crippen molar-refractivity contribution < 1.29 is 17.9 Å². The highest BCUT2D eigenvalue weighted by Gasteiger charge is 2.22. The molecule has 0 radical (unpaired) electrons. The van der Waals surface area contributed by atoms with Crippen LogP contribution in [-0.4, -0.2) is 44.4 Å². The van der Waals surface area contributed by atoms with E-state index in [1.165, 1.54) is 15.9 Å². The van der Waals surface area contributed by atoms with Crippen LogP contribution in [0.4, 0.5) is 0 Å². The molecule has 0 aliphatic rings. The van der Waals surface area contributed by atoms with E-state index in [0.29, 0.717) is 24.4 Å². The monoisotopic (exact) mass is 432 g/mol. The number of benzene rings is 2. The van der Waals surface area contributed by atoms with Crippen molar-refractivity contribution in [2.24, 2.45) is 0 Å².